The number of fused-ring (bicyclic) bond motifs is 2. The monoisotopic (exact) mass is 415 g/mol. The van der Waals surface area contributed by atoms with Gasteiger partial charge in [0, 0.05) is 35.4 Å². The molecule has 1 amide bonds. The standard InChI is InChI=1S/C24H25N5O2/c1-15-23(17-13-16(31-3)10-11-20(17)28(15)2)24(30)27-19-7-6-8-21-18(19)14-26-29(21)22-9-4-5-12-25-22/h4-5,9-14,19H,6-8H2,1-3H3,(H,27,30). The number of hydrogen-bond acceptors (Lipinski definition) is 4. The van der Waals surface area contributed by atoms with E-state index in [4.69, 9.17) is 4.74 Å². The Morgan fingerprint density at radius 1 is 1.26 bits per heavy atom. The number of nitrogens with zero attached hydrogens (tertiary/aromatic N) is 4. The second-order valence-electron chi connectivity index (χ2n) is 7.97. The van der Waals surface area contributed by atoms with Crippen molar-refractivity contribution in [3.8, 4) is 11.6 Å². The Labute approximate surface area is 180 Å². The molecule has 0 aliphatic heterocycles. The summed E-state index contributed by atoms with van der Waals surface area (Å²) in [4.78, 5) is 17.9. The van der Waals surface area contributed by atoms with E-state index in [0.29, 0.717) is 5.56 Å². The summed E-state index contributed by atoms with van der Waals surface area (Å²) in [5, 5.41) is 8.75. The lowest BCUT2D eigenvalue weighted by Gasteiger charge is -2.24. The summed E-state index contributed by atoms with van der Waals surface area (Å²) < 4.78 is 9.33. The Balaban J connectivity index is 1.49. The van der Waals surface area contributed by atoms with Gasteiger partial charge in [0.25, 0.3) is 5.91 Å². The minimum Gasteiger partial charge on any atom is -0.497 e. The first-order valence-electron chi connectivity index (χ1n) is 10.5. The zero-order valence-electron chi connectivity index (χ0n) is 17.9. The molecule has 0 radical (unpaired) electrons. The number of ether oxygens (including phenoxy) is 1. The second kappa shape index (κ2) is 7.58. The van der Waals surface area contributed by atoms with Crippen LogP contribution in [-0.2, 0) is 13.5 Å². The quantitative estimate of drug-likeness (QED) is 0.549. The number of benzene rings is 1. The van der Waals surface area contributed by atoms with Crippen molar-refractivity contribution >= 4 is 16.8 Å². The molecule has 1 aliphatic rings. The number of aromatic nitrogens is 4. The Hall–Kier alpha value is -3.61. The van der Waals surface area contributed by atoms with Gasteiger partial charge in [-0.25, -0.2) is 9.67 Å². The molecule has 0 saturated carbocycles. The van der Waals surface area contributed by atoms with Gasteiger partial charge in [-0.15, -0.1) is 0 Å². The van der Waals surface area contributed by atoms with Crippen LogP contribution in [0.1, 0.15) is 46.2 Å². The fraction of sp³-hybridized carbons (Fsp3) is 0.292. The number of carbonyl (C=O) groups excluding carboxylic acids is 1. The molecule has 1 atom stereocenters. The molecule has 5 rings (SSSR count). The summed E-state index contributed by atoms with van der Waals surface area (Å²) in [7, 11) is 3.62. The first kappa shape index (κ1) is 19.4. The summed E-state index contributed by atoms with van der Waals surface area (Å²) in [6.45, 7) is 1.98. The van der Waals surface area contributed by atoms with E-state index in [1.807, 2.05) is 61.2 Å². The van der Waals surface area contributed by atoms with Crippen molar-refractivity contribution in [2.45, 2.75) is 32.2 Å². The van der Waals surface area contributed by atoms with Crippen molar-refractivity contribution in [3.05, 3.63) is 71.3 Å². The van der Waals surface area contributed by atoms with E-state index in [1.165, 1.54) is 0 Å². The third-order valence-electron chi connectivity index (χ3n) is 6.28. The summed E-state index contributed by atoms with van der Waals surface area (Å²) in [5.41, 5.74) is 4.82. The van der Waals surface area contributed by atoms with Gasteiger partial charge in [0.2, 0.25) is 0 Å². The lowest BCUT2D eigenvalue weighted by Crippen LogP contribution is -2.31. The van der Waals surface area contributed by atoms with Crippen LogP contribution < -0.4 is 10.1 Å². The van der Waals surface area contributed by atoms with Crippen molar-refractivity contribution in [3.63, 3.8) is 0 Å². The van der Waals surface area contributed by atoms with Gasteiger partial charge in [0.15, 0.2) is 5.82 Å². The number of pyridine rings is 1. The molecular weight excluding hydrogens is 390 g/mol. The Morgan fingerprint density at radius 3 is 2.90 bits per heavy atom. The molecule has 0 fully saturated rings. The highest BCUT2D eigenvalue weighted by atomic mass is 16.5. The van der Waals surface area contributed by atoms with E-state index < -0.39 is 0 Å². The van der Waals surface area contributed by atoms with Crippen molar-refractivity contribution in [1.29, 1.82) is 0 Å². The molecule has 1 aromatic carbocycles. The maximum atomic E-state index is 13.4. The van der Waals surface area contributed by atoms with Gasteiger partial charge < -0.3 is 14.6 Å². The maximum absolute atomic E-state index is 13.4. The Morgan fingerprint density at radius 2 is 2.13 bits per heavy atom. The lowest BCUT2D eigenvalue weighted by molar-refractivity contribution is 0.0933. The van der Waals surface area contributed by atoms with Crippen LogP contribution in [0.5, 0.6) is 5.75 Å². The van der Waals surface area contributed by atoms with Gasteiger partial charge in [0.05, 0.1) is 30.6 Å². The Bertz CT molecular complexity index is 1270. The summed E-state index contributed by atoms with van der Waals surface area (Å²) >= 11 is 0. The van der Waals surface area contributed by atoms with Gasteiger partial charge in [-0.2, -0.15) is 5.10 Å². The topological polar surface area (TPSA) is 74.0 Å². The third-order valence-corrected chi connectivity index (χ3v) is 6.28. The molecule has 0 bridgehead atoms. The van der Waals surface area contributed by atoms with Crippen LogP contribution in [0, 0.1) is 6.92 Å². The number of nitrogens with one attached hydrogen (secondary N) is 1. The number of rotatable bonds is 4. The van der Waals surface area contributed by atoms with Crippen molar-refractivity contribution in [2.75, 3.05) is 7.11 Å². The molecule has 4 aromatic rings. The number of carbonyl (C=O) groups is 1. The highest BCUT2D eigenvalue weighted by molar-refractivity contribution is 6.09. The molecule has 0 saturated heterocycles. The summed E-state index contributed by atoms with van der Waals surface area (Å²) in [6, 6.07) is 11.6. The molecule has 7 nitrogen and oxygen atoms in total. The molecule has 7 heteroatoms. The van der Waals surface area contributed by atoms with E-state index in [1.54, 1.807) is 13.3 Å². The van der Waals surface area contributed by atoms with Crippen LogP contribution in [0.15, 0.2) is 48.8 Å². The molecule has 1 unspecified atom stereocenters. The molecule has 158 valence electrons. The summed E-state index contributed by atoms with van der Waals surface area (Å²) in [5.74, 6) is 1.47. The first-order chi connectivity index (χ1) is 15.1. The zero-order chi connectivity index (χ0) is 21.5. The number of methoxy groups -OCH3 is 1. The predicted octanol–water partition coefficient (Wildman–Crippen LogP) is 3.88. The molecule has 3 aromatic heterocycles. The highest BCUT2D eigenvalue weighted by Crippen LogP contribution is 2.33. The normalized spacial score (nSPS) is 15.6. The van der Waals surface area contributed by atoms with Crippen LogP contribution in [0.4, 0.5) is 0 Å². The first-order valence-corrected chi connectivity index (χ1v) is 10.5. The average molecular weight is 415 g/mol. The molecular formula is C24H25N5O2. The average Bonchev–Trinajstić information content (AvgIpc) is 3.34. The van der Waals surface area contributed by atoms with E-state index >= 15 is 0 Å². The van der Waals surface area contributed by atoms with Crippen LogP contribution in [0.2, 0.25) is 0 Å². The predicted molar refractivity (Wildman–Crippen MR) is 119 cm³/mol. The fourth-order valence-electron chi connectivity index (χ4n) is 4.58. The van der Waals surface area contributed by atoms with Gasteiger partial charge in [0.1, 0.15) is 5.75 Å². The van der Waals surface area contributed by atoms with Crippen molar-refractivity contribution in [1.82, 2.24) is 24.6 Å². The lowest BCUT2D eigenvalue weighted by atomic mass is 9.92. The second-order valence-corrected chi connectivity index (χ2v) is 7.97. The SMILES string of the molecule is COc1ccc2c(c1)c(C(=O)NC1CCCc3c1cnn3-c1ccccn1)c(C)n2C. The van der Waals surface area contributed by atoms with Gasteiger partial charge in [-0.3, -0.25) is 4.79 Å². The van der Waals surface area contributed by atoms with Crippen LogP contribution in [-0.4, -0.2) is 32.3 Å². The largest absolute Gasteiger partial charge is 0.497 e. The molecule has 1 N–H and O–H groups in total. The van der Waals surface area contributed by atoms with Gasteiger partial charge >= 0.3 is 0 Å². The minimum atomic E-state index is -0.0750. The maximum Gasteiger partial charge on any atom is 0.254 e. The van der Waals surface area contributed by atoms with E-state index in [-0.39, 0.29) is 11.9 Å². The number of amides is 1. The molecule has 3 heterocycles. The molecule has 1 aliphatic carbocycles. The van der Waals surface area contributed by atoms with E-state index in [0.717, 1.165) is 58.7 Å². The van der Waals surface area contributed by atoms with E-state index in [9.17, 15) is 4.79 Å². The molecule has 0 spiro atoms. The minimum absolute atomic E-state index is 0.0696. The number of hydrogen-bond donors (Lipinski definition) is 1. The highest BCUT2D eigenvalue weighted by Gasteiger charge is 2.28. The zero-order valence-corrected chi connectivity index (χ0v) is 17.9. The fourth-order valence-corrected chi connectivity index (χ4v) is 4.58. The molecule has 31 heavy (non-hydrogen) atoms. The van der Waals surface area contributed by atoms with Crippen molar-refractivity contribution in [2.24, 2.45) is 7.05 Å². The number of aryl methyl sites for hydroxylation is 1. The van der Waals surface area contributed by atoms with Crippen LogP contribution in [0.3, 0.4) is 0 Å². The smallest absolute Gasteiger partial charge is 0.254 e. The van der Waals surface area contributed by atoms with Gasteiger partial charge in [-0.05, 0) is 56.5 Å². The van der Waals surface area contributed by atoms with Gasteiger partial charge in [-0.1, -0.05) is 6.07 Å². The Kier molecular flexibility index (Phi) is 4.73. The third kappa shape index (κ3) is 3.17. The summed E-state index contributed by atoms with van der Waals surface area (Å²) in [6.07, 6.45) is 6.43. The van der Waals surface area contributed by atoms with Crippen LogP contribution >= 0.6 is 0 Å². The van der Waals surface area contributed by atoms with Crippen LogP contribution in [0.25, 0.3) is 16.7 Å². The van der Waals surface area contributed by atoms with E-state index in [2.05, 4.69) is 20.0 Å². The van der Waals surface area contributed by atoms with Crippen molar-refractivity contribution < 1.29 is 9.53 Å².